The number of aryl methyl sites for hydroxylation is 1. The monoisotopic (exact) mass is 293 g/mol. The van der Waals surface area contributed by atoms with Crippen LogP contribution in [0.15, 0.2) is 71.3 Å². The number of ether oxygens (including phenoxy) is 1. The molecular formula is C18H15NO3. The Hall–Kier alpha value is -3.01. The predicted octanol–water partition coefficient (Wildman–Crippen LogP) is 4.63. The molecule has 2 aromatic carbocycles. The Morgan fingerprint density at radius 2 is 1.82 bits per heavy atom. The Labute approximate surface area is 128 Å². The molecule has 3 rings (SSSR count). The summed E-state index contributed by atoms with van der Waals surface area (Å²) in [6, 6.07) is 18.3. The lowest BCUT2D eigenvalue weighted by Crippen LogP contribution is -2.10. The largest absolute Gasteiger partial charge is 0.459 e. The Bertz CT molecular complexity index is 761. The zero-order valence-electron chi connectivity index (χ0n) is 12.1. The van der Waals surface area contributed by atoms with E-state index in [-0.39, 0.29) is 11.7 Å². The molecule has 0 radical (unpaired) electrons. The van der Waals surface area contributed by atoms with Crippen LogP contribution in [-0.2, 0) is 0 Å². The lowest BCUT2D eigenvalue weighted by molar-refractivity contribution is 0.0996. The minimum Gasteiger partial charge on any atom is -0.459 e. The first-order valence-electron chi connectivity index (χ1n) is 6.90. The first-order valence-corrected chi connectivity index (χ1v) is 6.90. The molecule has 4 heteroatoms. The van der Waals surface area contributed by atoms with Gasteiger partial charge in [-0.05, 0) is 61.0 Å². The summed E-state index contributed by atoms with van der Waals surface area (Å²) in [5.41, 5.74) is 1.82. The zero-order valence-corrected chi connectivity index (χ0v) is 12.1. The zero-order chi connectivity index (χ0) is 15.4. The summed E-state index contributed by atoms with van der Waals surface area (Å²) >= 11 is 0. The van der Waals surface area contributed by atoms with Crippen LogP contribution in [0.5, 0.6) is 11.5 Å². The first kappa shape index (κ1) is 13.9. The van der Waals surface area contributed by atoms with E-state index in [1.54, 1.807) is 36.4 Å². The van der Waals surface area contributed by atoms with Gasteiger partial charge in [0.05, 0.1) is 6.26 Å². The van der Waals surface area contributed by atoms with Crippen molar-refractivity contribution in [1.29, 1.82) is 0 Å². The molecule has 1 N–H and O–H groups in total. The fourth-order valence-electron chi connectivity index (χ4n) is 2.02. The number of amides is 1. The first-order chi connectivity index (χ1) is 10.7. The standard InChI is InChI=1S/C18H15NO3/c1-13-4-2-5-16(12-13)22-15-9-7-14(8-10-15)19-18(20)17-6-3-11-21-17/h2-12H,1H3,(H,19,20). The van der Waals surface area contributed by atoms with Gasteiger partial charge in [0.1, 0.15) is 11.5 Å². The Morgan fingerprint density at radius 3 is 2.50 bits per heavy atom. The highest BCUT2D eigenvalue weighted by Crippen LogP contribution is 2.23. The molecule has 0 atom stereocenters. The molecule has 1 amide bonds. The number of carbonyl (C=O) groups excluding carboxylic acids is 1. The lowest BCUT2D eigenvalue weighted by Gasteiger charge is -2.08. The minimum absolute atomic E-state index is 0.278. The van der Waals surface area contributed by atoms with Crippen LogP contribution in [0.2, 0.25) is 0 Å². The molecule has 0 aliphatic carbocycles. The molecule has 0 unspecified atom stereocenters. The molecule has 0 aliphatic rings. The summed E-state index contributed by atoms with van der Waals surface area (Å²) in [6.45, 7) is 2.01. The van der Waals surface area contributed by atoms with Crippen LogP contribution in [-0.4, -0.2) is 5.91 Å². The van der Waals surface area contributed by atoms with Crippen LogP contribution in [0.1, 0.15) is 16.1 Å². The van der Waals surface area contributed by atoms with Gasteiger partial charge in [-0.3, -0.25) is 4.79 Å². The van der Waals surface area contributed by atoms with Crippen LogP contribution in [0.25, 0.3) is 0 Å². The second kappa shape index (κ2) is 6.18. The second-order valence-corrected chi connectivity index (χ2v) is 4.87. The summed E-state index contributed by atoms with van der Waals surface area (Å²) in [4.78, 5) is 11.9. The third-order valence-corrected chi connectivity index (χ3v) is 3.08. The van der Waals surface area contributed by atoms with E-state index in [1.807, 2.05) is 31.2 Å². The van der Waals surface area contributed by atoms with E-state index < -0.39 is 0 Å². The van der Waals surface area contributed by atoms with Gasteiger partial charge in [0, 0.05) is 5.69 Å². The van der Waals surface area contributed by atoms with Crippen molar-refractivity contribution in [2.24, 2.45) is 0 Å². The topological polar surface area (TPSA) is 51.5 Å². The third-order valence-electron chi connectivity index (χ3n) is 3.08. The maximum Gasteiger partial charge on any atom is 0.291 e. The summed E-state index contributed by atoms with van der Waals surface area (Å²) in [7, 11) is 0. The maximum absolute atomic E-state index is 11.9. The normalized spacial score (nSPS) is 10.2. The molecule has 0 saturated carbocycles. The number of furan rings is 1. The van der Waals surface area contributed by atoms with Crippen LogP contribution in [0.4, 0.5) is 5.69 Å². The van der Waals surface area contributed by atoms with E-state index in [4.69, 9.17) is 9.15 Å². The molecule has 0 spiro atoms. The molecule has 1 aromatic heterocycles. The number of benzene rings is 2. The molecule has 0 saturated heterocycles. The molecule has 22 heavy (non-hydrogen) atoms. The number of rotatable bonds is 4. The highest BCUT2D eigenvalue weighted by atomic mass is 16.5. The highest BCUT2D eigenvalue weighted by Gasteiger charge is 2.08. The molecular weight excluding hydrogens is 278 g/mol. The van der Waals surface area contributed by atoms with Crippen molar-refractivity contribution in [3.63, 3.8) is 0 Å². The van der Waals surface area contributed by atoms with Crippen molar-refractivity contribution in [3.8, 4) is 11.5 Å². The lowest BCUT2D eigenvalue weighted by atomic mass is 10.2. The van der Waals surface area contributed by atoms with Gasteiger partial charge < -0.3 is 14.5 Å². The fourth-order valence-corrected chi connectivity index (χ4v) is 2.02. The van der Waals surface area contributed by atoms with E-state index in [2.05, 4.69) is 5.32 Å². The van der Waals surface area contributed by atoms with Crippen molar-refractivity contribution in [2.75, 3.05) is 5.32 Å². The molecule has 0 bridgehead atoms. The smallest absolute Gasteiger partial charge is 0.291 e. The van der Waals surface area contributed by atoms with E-state index in [0.717, 1.165) is 11.3 Å². The summed E-state index contributed by atoms with van der Waals surface area (Å²) in [6.07, 6.45) is 1.47. The number of carbonyl (C=O) groups is 1. The Balaban J connectivity index is 1.66. The maximum atomic E-state index is 11.9. The molecule has 0 fully saturated rings. The number of hydrogen-bond acceptors (Lipinski definition) is 3. The highest BCUT2D eigenvalue weighted by molar-refractivity contribution is 6.02. The molecule has 110 valence electrons. The minimum atomic E-state index is -0.280. The van der Waals surface area contributed by atoms with Gasteiger partial charge >= 0.3 is 0 Å². The van der Waals surface area contributed by atoms with Crippen LogP contribution >= 0.6 is 0 Å². The van der Waals surface area contributed by atoms with Crippen molar-refractivity contribution in [2.45, 2.75) is 6.92 Å². The van der Waals surface area contributed by atoms with Gasteiger partial charge in [-0.15, -0.1) is 0 Å². The summed E-state index contributed by atoms with van der Waals surface area (Å²) in [5, 5.41) is 2.76. The molecule has 0 aliphatic heterocycles. The summed E-state index contributed by atoms with van der Waals surface area (Å²) < 4.78 is 10.8. The summed E-state index contributed by atoms with van der Waals surface area (Å²) in [5.74, 6) is 1.49. The van der Waals surface area contributed by atoms with Gasteiger partial charge in [0.25, 0.3) is 5.91 Å². The van der Waals surface area contributed by atoms with Crippen LogP contribution < -0.4 is 10.1 Å². The number of hydrogen-bond donors (Lipinski definition) is 1. The van der Waals surface area contributed by atoms with Gasteiger partial charge in [0.2, 0.25) is 0 Å². The van der Waals surface area contributed by atoms with Gasteiger partial charge in [-0.1, -0.05) is 12.1 Å². The molecule has 1 heterocycles. The Kier molecular flexibility index (Phi) is 3.92. The molecule has 4 nitrogen and oxygen atoms in total. The van der Waals surface area contributed by atoms with Gasteiger partial charge in [0.15, 0.2) is 5.76 Å². The Morgan fingerprint density at radius 1 is 1.00 bits per heavy atom. The van der Waals surface area contributed by atoms with Crippen molar-refractivity contribution in [1.82, 2.24) is 0 Å². The fraction of sp³-hybridized carbons (Fsp3) is 0.0556. The van der Waals surface area contributed by atoms with Gasteiger partial charge in [-0.2, -0.15) is 0 Å². The number of anilines is 1. The molecule has 3 aromatic rings. The van der Waals surface area contributed by atoms with Crippen LogP contribution in [0, 0.1) is 6.92 Å². The van der Waals surface area contributed by atoms with Crippen molar-refractivity contribution >= 4 is 11.6 Å². The average Bonchev–Trinajstić information content (AvgIpc) is 3.04. The number of nitrogens with one attached hydrogen (secondary N) is 1. The van der Waals surface area contributed by atoms with Gasteiger partial charge in [-0.25, -0.2) is 0 Å². The SMILES string of the molecule is Cc1cccc(Oc2ccc(NC(=O)c3ccco3)cc2)c1. The van der Waals surface area contributed by atoms with E-state index in [0.29, 0.717) is 11.4 Å². The average molecular weight is 293 g/mol. The quantitative estimate of drug-likeness (QED) is 0.762. The van der Waals surface area contributed by atoms with E-state index in [9.17, 15) is 4.79 Å². The van der Waals surface area contributed by atoms with Crippen molar-refractivity contribution in [3.05, 3.63) is 78.3 Å². The van der Waals surface area contributed by atoms with E-state index >= 15 is 0 Å². The second-order valence-electron chi connectivity index (χ2n) is 4.87. The predicted molar refractivity (Wildman–Crippen MR) is 84.4 cm³/mol. The van der Waals surface area contributed by atoms with Crippen molar-refractivity contribution < 1.29 is 13.9 Å². The van der Waals surface area contributed by atoms with E-state index in [1.165, 1.54) is 6.26 Å². The third kappa shape index (κ3) is 3.35. The van der Waals surface area contributed by atoms with Crippen LogP contribution in [0.3, 0.4) is 0 Å².